The molecule has 188 valence electrons. The third-order valence-corrected chi connectivity index (χ3v) is 7.33. The van der Waals surface area contributed by atoms with E-state index < -0.39 is 46.6 Å². The van der Waals surface area contributed by atoms with Crippen molar-refractivity contribution in [3.63, 3.8) is 0 Å². The summed E-state index contributed by atoms with van der Waals surface area (Å²) in [5.41, 5.74) is 5.58. The summed E-state index contributed by atoms with van der Waals surface area (Å²) in [7, 11) is 2.56. The van der Waals surface area contributed by atoms with E-state index in [0.717, 1.165) is 19.6 Å². The number of nitrogens with zero attached hydrogens (tertiary/aromatic N) is 3. The fraction of sp³-hybridized carbons (Fsp3) is 0.320. The Kier molecular flexibility index (Phi) is 6.68. The molecule has 1 aliphatic heterocycles. The number of benzene rings is 1. The minimum atomic E-state index is -1.36. The van der Waals surface area contributed by atoms with Crippen LogP contribution >= 0.6 is 11.3 Å². The Morgan fingerprint density at radius 3 is 2.36 bits per heavy atom. The van der Waals surface area contributed by atoms with E-state index in [1.54, 1.807) is 4.90 Å². The summed E-state index contributed by atoms with van der Waals surface area (Å²) in [6.45, 7) is 3.27. The van der Waals surface area contributed by atoms with Gasteiger partial charge in [-0.3, -0.25) is 28.3 Å². The molecule has 36 heavy (non-hydrogen) atoms. The maximum Gasteiger partial charge on any atom is 0.332 e. The Hall–Kier alpha value is -3.99. The molecule has 0 unspecified atom stereocenters. The number of carbonyl (C=O) groups is 3. The van der Waals surface area contributed by atoms with E-state index in [9.17, 15) is 24.0 Å². The molecular weight excluding hydrogens is 484 g/mol. The number of anilines is 2. The van der Waals surface area contributed by atoms with Gasteiger partial charge in [-0.2, -0.15) is 0 Å². The van der Waals surface area contributed by atoms with Gasteiger partial charge in [0.25, 0.3) is 5.56 Å². The van der Waals surface area contributed by atoms with E-state index in [0.29, 0.717) is 5.69 Å². The summed E-state index contributed by atoms with van der Waals surface area (Å²) in [6.07, 6.45) is -1.46. The fourth-order valence-electron chi connectivity index (χ4n) is 4.35. The number of nitrogen functional groups attached to an aromatic ring is 1. The average Bonchev–Trinajstić information content (AvgIpc) is 3.50. The predicted octanol–water partition coefficient (Wildman–Crippen LogP) is 1.94. The van der Waals surface area contributed by atoms with Crippen molar-refractivity contribution in [1.82, 2.24) is 9.13 Å². The van der Waals surface area contributed by atoms with Gasteiger partial charge >= 0.3 is 11.7 Å². The van der Waals surface area contributed by atoms with Crippen LogP contribution in [0.2, 0.25) is 0 Å². The summed E-state index contributed by atoms with van der Waals surface area (Å²) in [5, 5.41) is 1.86. The number of ketones is 1. The second kappa shape index (κ2) is 9.57. The first-order valence-corrected chi connectivity index (χ1v) is 12.1. The number of Topliss-reactive ketones (excluding diaryl/α,β-unsaturated/α-hetero) is 1. The van der Waals surface area contributed by atoms with E-state index in [2.05, 4.69) is 0 Å². The molecule has 3 aromatic rings. The van der Waals surface area contributed by atoms with Gasteiger partial charge in [0.2, 0.25) is 11.7 Å². The van der Waals surface area contributed by atoms with Crippen molar-refractivity contribution in [2.75, 3.05) is 10.6 Å². The van der Waals surface area contributed by atoms with Gasteiger partial charge in [-0.25, -0.2) is 4.79 Å². The molecule has 1 aliphatic rings. The van der Waals surface area contributed by atoms with Gasteiger partial charge in [-0.15, -0.1) is 11.3 Å². The molecular formula is C25H26N4O6S. The summed E-state index contributed by atoms with van der Waals surface area (Å²) < 4.78 is 7.24. The van der Waals surface area contributed by atoms with Crippen LogP contribution in [-0.2, 0) is 28.4 Å². The molecule has 1 fully saturated rings. The van der Waals surface area contributed by atoms with E-state index in [-0.39, 0.29) is 18.1 Å². The second-order valence-electron chi connectivity index (χ2n) is 8.78. The normalized spacial score (nSPS) is 18.3. The number of aromatic nitrogens is 2. The number of rotatable bonds is 6. The van der Waals surface area contributed by atoms with Crippen LogP contribution in [0, 0.1) is 12.8 Å². The van der Waals surface area contributed by atoms with Crippen molar-refractivity contribution in [1.29, 1.82) is 0 Å². The minimum Gasteiger partial charge on any atom is -0.454 e. The van der Waals surface area contributed by atoms with Gasteiger partial charge in [0.1, 0.15) is 11.4 Å². The molecule has 1 aromatic carbocycles. The number of hydrogen-bond donors (Lipinski definition) is 1. The third kappa shape index (κ3) is 4.26. The minimum absolute atomic E-state index is 0.0973. The first-order valence-electron chi connectivity index (χ1n) is 11.2. The molecule has 3 heterocycles. The lowest BCUT2D eigenvalue weighted by atomic mass is 9.98. The van der Waals surface area contributed by atoms with Crippen molar-refractivity contribution in [2.45, 2.75) is 32.4 Å². The van der Waals surface area contributed by atoms with Crippen LogP contribution in [0.1, 0.15) is 40.2 Å². The van der Waals surface area contributed by atoms with Gasteiger partial charge in [0.05, 0.1) is 12.0 Å². The van der Waals surface area contributed by atoms with Crippen LogP contribution in [0.3, 0.4) is 0 Å². The molecule has 3 atom stereocenters. The van der Waals surface area contributed by atoms with Crippen LogP contribution in [0.15, 0.2) is 51.4 Å². The molecule has 0 spiro atoms. The van der Waals surface area contributed by atoms with Crippen LogP contribution in [0.25, 0.3) is 0 Å². The zero-order valence-corrected chi connectivity index (χ0v) is 21.1. The summed E-state index contributed by atoms with van der Waals surface area (Å²) in [5.74, 6) is -2.99. The third-order valence-electron chi connectivity index (χ3n) is 6.39. The highest BCUT2D eigenvalue weighted by atomic mass is 32.1. The molecule has 2 aromatic heterocycles. The van der Waals surface area contributed by atoms with Gasteiger partial charge < -0.3 is 15.4 Å². The Morgan fingerprint density at radius 1 is 1.08 bits per heavy atom. The SMILES string of the molecule is Cc1ccc(N2C(=O)C[C@@H](C(=O)O[C@@H](C)C(=O)c3c(N)n(C)c(=O)n(C)c3=O)[C@H]2c2cccs2)cc1. The zero-order chi connectivity index (χ0) is 26.3. The first kappa shape index (κ1) is 25.1. The molecule has 2 N–H and O–H groups in total. The zero-order valence-electron chi connectivity index (χ0n) is 20.3. The lowest BCUT2D eigenvalue weighted by molar-refractivity contribution is -0.151. The maximum atomic E-state index is 13.3. The lowest BCUT2D eigenvalue weighted by Crippen LogP contribution is -2.43. The fourth-order valence-corrected chi connectivity index (χ4v) is 5.23. The number of ether oxygens (including phenoxy) is 1. The molecule has 0 radical (unpaired) electrons. The highest BCUT2D eigenvalue weighted by Gasteiger charge is 2.47. The summed E-state index contributed by atoms with van der Waals surface area (Å²) in [6, 6.07) is 10.5. The second-order valence-corrected chi connectivity index (χ2v) is 9.76. The smallest absolute Gasteiger partial charge is 0.332 e. The molecule has 0 bridgehead atoms. The van der Waals surface area contributed by atoms with Gasteiger partial charge in [0, 0.05) is 31.1 Å². The molecule has 10 nitrogen and oxygen atoms in total. The maximum absolute atomic E-state index is 13.3. The van der Waals surface area contributed by atoms with Crippen LogP contribution in [0.5, 0.6) is 0 Å². The van der Waals surface area contributed by atoms with Crippen molar-refractivity contribution >= 4 is 40.5 Å². The van der Waals surface area contributed by atoms with Crippen molar-refractivity contribution in [2.24, 2.45) is 20.0 Å². The van der Waals surface area contributed by atoms with Crippen molar-refractivity contribution in [3.8, 4) is 0 Å². The number of carbonyl (C=O) groups excluding carboxylic acids is 3. The van der Waals surface area contributed by atoms with Gasteiger partial charge in [-0.1, -0.05) is 23.8 Å². The lowest BCUT2D eigenvalue weighted by Gasteiger charge is -2.27. The number of thiophene rings is 1. The van der Waals surface area contributed by atoms with Crippen LogP contribution in [0.4, 0.5) is 11.5 Å². The molecule has 0 saturated carbocycles. The molecule has 4 rings (SSSR count). The van der Waals surface area contributed by atoms with E-state index in [4.69, 9.17) is 10.5 Å². The largest absolute Gasteiger partial charge is 0.454 e. The Morgan fingerprint density at radius 2 is 1.75 bits per heavy atom. The van der Waals surface area contributed by atoms with E-state index >= 15 is 0 Å². The first-order chi connectivity index (χ1) is 17.0. The summed E-state index contributed by atoms with van der Waals surface area (Å²) in [4.78, 5) is 66.5. The number of hydrogen-bond acceptors (Lipinski definition) is 8. The standard InChI is InChI=1S/C25H26N4O6S/c1-13-7-9-15(10-8-13)29-18(30)12-16(20(29)17-6-5-11-36-17)24(33)35-14(2)21(31)19-22(26)27(3)25(34)28(4)23(19)32/h5-11,14,16,20H,12,26H2,1-4H3/t14-,16+,20-/m0/s1. The highest BCUT2D eigenvalue weighted by Crippen LogP contribution is 2.43. The highest BCUT2D eigenvalue weighted by molar-refractivity contribution is 7.10. The monoisotopic (exact) mass is 510 g/mol. The Bertz CT molecular complexity index is 1460. The average molecular weight is 511 g/mol. The molecule has 0 aliphatic carbocycles. The van der Waals surface area contributed by atoms with Crippen molar-refractivity contribution < 1.29 is 19.1 Å². The van der Waals surface area contributed by atoms with E-state index in [1.807, 2.05) is 48.7 Å². The van der Waals surface area contributed by atoms with Crippen LogP contribution < -0.4 is 21.9 Å². The predicted molar refractivity (Wildman–Crippen MR) is 135 cm³/mol. The topological polar surface area (TPSA) is 134 Å². The van der Waals surface area contributed by atoms with E-state index in [1.165, 1.54) is 32.4 Å². The number of amides is 1. The van der Waals surface area contributed by atoms with Gasteiger partial charge in [0.15, 0.2) is 6.10 Å². The number of aryl methyl sites for hydroxylation is 1. The number of nitrogens with two attached hydrogens (primary N) is 1. The Balaban J connectivity index is 1.64. The molecule has 1 amide bonds. The summed E-state index contributed by atoms with van der Waals surface area (Å²) >= 11 is 1.41. The quantitative estimate of drug-likeness (QED) is 0.396. The van der Waals surface area contributed by atoms with Crippen molar-refractivity contribution in [3.05, 3.63) is 78.6 Å². The van der Waals surface area contributed by atoms with Crippen LogP contribution in [-0.4, -0.2) is 32.9 Å². The molecule has 1 saturated heterocycles. The Labute approximate surface area is 210 Å². The van der Waals surface area contributed by atoms with Gasteiger partial charge in [-0.05, 0) is 37.4 Å². The number of esters is 1. The molecule has 11 heteroatoms.